The smallest absolute Gasteiger partial charge is 0.127 e. The third-order valence-electron chi connectivity index (χ3n) is 3.84. The minimum Gasteiger partial charge on any atom is -0.493 e. The number of hydrogen-bond donors (Lipinski definition) is 1. The van der Waals surface area contributed by atoms with E-state index in [2.05, 4.69) is 18.3 Å². The molecule has 1 aromatic rings. The molecule has 98 valence electrons. The average molecular weight is 284 g/mol. The van der Waals surface area contributed by atoms with Crippen molar-refractivity contribution in [2.75, 3.05) is 13.7 Å². The zero-order chi connectivity index (χ0) is 12.7. The van der Waals surface area contributed by atoms with Crippen LogP contribution >= 0.6 is 23.4 Å². The fourth-order valence-corrected chi connectivity index (χ4v) is 4.35. The lowest BCUT2D eigenvalue weighted by molar-refractivity contribution is 0.353. The second kappa shape index (κ2) is 4.95. The first kappa shape index (κ1) is 12.6. The van der Waals surface area contributed by atoms with Crippen LogP contribution in [-0.2, 0) is 12.2 Å². The topological polar surface area (TPSA) is 21.3 Å². The zero-order valence-corrected chi connectivity index (χ0v) is 12.3. The molecule has 2 aliphatic heterocycles. The van der Waals surface area contributed by atoms with Crippen molar-refractivity contribution in [2.45, 2.75) is 36.8 Å². The highest BCUT2D eigenvalue weighted by Gasteiger charge is 2.29. The second-order valence-corrected chi connectivity index (χ2v) is 6.87. The summed E-state index contributed by atoms with van der Waals surface area (Å²) in [5, 5.41) is 4.96. The molecule has 0 saturated heterocycles. The molecule has 0 spiro atoms. The lowest BCUT2D eigenvalue weighted by Crippen LogP contribution is -2.20. The van der Waals surface area contributed by atoms with Gasteiger partial charge in [-0.3, -0.25) is 0 Å². The van der Waals surface area contributed by atoms with Gasteiger partial charge in [0.1, 0.15) is 5.75 Å². The molecule has 0 aliphatic carbocycles. The van der Waals surface area contributed by atoms with Gasteiger partial charge in [0.05, 0.1) is 6.61 Å². The van der Waals surface area contributed by atoms with Gasteiger partial charge in [-0.2, -0.15) is 11.8 Å². The van der Waals surface area contributed by atoms with E-state index in [0.29, 0.717) is 11.3 Å². The van der Waals surface area contributed by atoms with Gasteiger partial charge in [0, 0.05) is 34.1 Å². The summed E-state index contributed by atoms with van der Waals surface area (Å²) >= 11 is 8.51. The number of thioether (sulfide) groups is 1. The molecule has 2 heterocycles. The van der Waals surface area contributed by atoms with Crippen molar-refractivity contribution in [3.8, 4) is 5.75 Å². The van der Waals surface area contributed by atoms with Gasteiger partial charge >= 0.3 is 0 Å². The number of halogens is 1. The van der Waals surface area contributed by atoms with E-state index < -0.39 is 0 Å². The summed E-state index contributed by atoms with van der Waals surface area (Å²) in [7, 11) is 2.02. The Kier molecular flexibility index (Phi) is 3.48. The van der Waals surface area contributed by atoms with Crippen molar-refractivity contribution in [1.82, 2.24) is 5.32 Å². The van der Waals surface area contributed by atoms with Crippen molar-refractivity contribution < 1.29 is 4.74 Å². The average Bonchev–Trinajstić information content (AvgIpc) is 2.73. The maximum absolute atomic E-state index is 6.51. The fourth-order valence-electron chi connectivity index (χ4n) is 2.91. The fraction of sp³-hybridized carbons (Fsp3) is 0.571. The van der Waals surface area contributed by atoms with E-state index in [1.807, 2.05) is 18.8 Å². The molecule has 2 atom stereocenters. The largest absolute Gasteiger partial charge is 0.493 e. The van der Waals surface area contributed by atoms with Crippen LogP contribution in [0.1, 0.15) is 36.1 Å². The highest BCUT2D eigenvalue weighted by atomic mass is 35.5. The normalized spacial score (nSPS) is 26.2. The minimum atomic E-state index is 0.340. The van der Waals surface area contributed by atoms with E-state index in [4.69, 9.17) is 16.3 Å². The zero-order valence-electron chi connectivity index (χ0n) is 10.8. The van der Waals surface area contributed by atoms with Crippen LogP contribution in [0.3, 0.4) is 0 Å². The van der Waals surface area contributed by atoms with Crippen molar-refractivity contribution >= 4 is 23.4 Å². The first-order chi connectivity index (χ1) is 8.70. The summed E-state index contributed by atoms with van der Waals surface area (Å²) in [4.78, 5) is 0. The minimum absolute atomic E-state index is 0.340. The summed E-state index contributed by atoms with van der Waals surface area (Å²) in [6.07, 6.45) is 2.11. The maximum atomic E-state index is 6.51. The van der Waals surface area contributed by atoms with E-state index >= 15 is 0 Å². The van der Waals surface area contributed by atoms with E-state index in [-0.39, 0.29) is 0 Å². The molecule has 2 nitrogen and oxygen atoms in total. The van der Waals surface area contributed by atoms with Crippen LogP contribution < -0.4 is 10.1 Å². The van der Waals surface area contributed by atoms with Crippen LogP contribution in [0.25, 0.3) is 0 Å². The number of ether oxygens (including phenoxy) is 1. The summed E-state index contributed by atoms with van der Waals surface area (Å²) in [5.74, 6) is 2.12. The van der Waals surface area contributed by atoms with Gasteiger partial charge < -0.3 is 10.1 Å². The molecular weight excluding hydrogens is 266 g/mol. The van der Waals surface area contributed by atoms with E-state index in [9.17, 15) is 0 Å². The highest BCUT2D eigenvalue weighted by molar-refractivity contribution is 7.99. The van der Waals surface area contributed by atoms with Crippen LogP contribution in [0, 0.1) is 0 Å². The Balaban J connectivity index is 2.15. The quantitative estimate of drug-likeness (QED) is 0.851. The summed E-state index contributed by atoms with van der Waals surface area (Å²) in [6, 6.07) is 2.44. The van der Waals surface area contributed by atoms with Crippen molar-refractivity contribution in [1.29, 1.82) is 0 Å². The lowest BCUT2D eigenvalue weighted by Gasteiger charge is -2.21. The standard InChI is InChI=1S/C14H18ClNOS/c1-8-5-12(16-2)13-10(7-18-8)14-9(3-4-17-14)6-11(13)15/h6,8,12,16H,3-5,7H2,1-2H3. The van der Waals surface area contributed by atoms with Gasteiger partial charge in [0.25, 0.3) is 0 Å². The molecule has 1 N–H and O–H groups in total. The Bertz CT molecular complexity index is 477. The Labute approximate surface area is 117 Å². The van der Waals surface area contributed by atoms with Crippen LogP contribution in [0.4, 0.5) is 0 Å². The predicted octanol–water partition coefficient (Wildman–Crippen LogP) is 3.56. The molecule has 0 fully saturated rings. The van der Waals surface area contributed by atoms with Gasteiger partial charge in [-0.25, -0.2) is 0 Å². The maximum Gasteiger partial charge on any atom is 0.127 e. The van der Waals surface area contributed by atoms with Crippen LogP contribution in [0.5, 0.6) is 5.75 Å². The first-order valence-electron chi connectivity index (χ1n) is 6.46. The summed E-state index contributed by atoms with van der Waals surface area (Å²) in [6.45, 7) is 3.09. The van der Waals surface area contributed by atoms with E-state index in [1.54, 1.807) is 0 Å². The Hall–Kier alpha value is -0.380. The van der Waals surface area contributed by atoms with Crippen molar-refractivity contribution in [3.05, 3.63) is 27.8 Å². The van der Waals surface area contributed by atoms with Crippen molar-refractivity contribution in [3.63, 3.8) is 0 Å². The molecule has 3 rings (SSSR count). The third-order valence-corrected chi connectivity index (χ3v) is 5.37. The third kappa shape index (κ3) is 2.02. The van der Waals surface area contributed by atoms with Crippen molar-refractivity contribution in [2.24, 2.45) is 0 Å². The molecule has 0 aromatic heterocycles. The predicted molar refractivity (Wildman–Crippen MR) is 77.8 cm³/mol. The molecule has 1 aromatic carbocycles. The van der Waals surface area contributed by atoms with Gasteiger partial charge in [-0.05, 0) is 30.7 Å². The van der Waals surface area contributed by atoms with Gasteiger partial charge in [0.2, 0.25) is 0 Å². The Morgan fingerprint density at radius 3 is 3.11 bits per heavy atom. The molecule has 4 heteroatoms. The van der Waals surface area contributed by atoms with Gasteiger partial charge in [-0.1, -0.05) is 18.5 Å². The SMILES string of the molecule is CNC1CC(C)SCc2c3c(cc(Cl)c21)CCO3. The summed E-state index contributed by atoms with van der Waals surface area (Å²) in [5.41, 5.74) is 3.86. The molecule has 2 unspecified atom stereocenters. The number of hydrogen-bond acceptors (Lipinski definition) is 3. The van der Waals surface area contributed by atoms with E-state index in [1.165, 1.54) is 16.7 Å². The molecule has 0 amide bonds. The monoisotopic (exact) mass is 283 g/mol. The van der Waals surface area contributed by atoms with Gasteiger partial charge in [0.15, 0.2) is 0 Å². The number of nitrogens with one attached hydrogen (secondary N) is 1. The number of benzene rings is 1. The highest BCUT2D eigenvalue weighted by Crippen LogP contribution is 2.45. The van der Waals surface area contributed by atoms with Crippen LogP contribution in [0.15, 0.2) is 6.07 Å². The van der Waals surface area contributed by atoms with Crippen LogP contribution in [0.2, 0.25) is 5.02 Å². The number of rotatable bonds is 1. The lowest BCUT2D eigenvalue weighted by atomic mass is 9.95. The molecule has 0 radical (unpaired) electrons. The molecule has 0 bridgehead atoms. The second-order valence-electron chi connectivity index (χ2n) is 5.04. The molecule has 2 aliphatic rings. The van der Waals surface area contributed by atoms with Gasteiger partial charge in [-0.15, -0.1) is 0 Å². The number of fused-ring (bicyclic) bond motifs is 3. The molecular formula is C14H18ClNOS. The Morgan fingerprint density at radius 2 is 2.33 bits per heavy atom. The summed E-state index contributed by atoms with van der Waals surface area (Å²) < 4.78 is 5.84. The van der Waals surface area contributed by atoms with Crippen LogP contribution in [-0.4, -0.2) is 18.9 Å². The molecule has 0 saturated carbocycles. The Morgan fingerprint density at radius 1 is 1.50 bits per heavy atom. The first-order valence-corrected chi connectivity index (χ1v) is 7.89. The van der Waals surface area contributed by atoms with E-state index in [0.717, 1.165) is 36.0 Å². The molecule has 18 heavy (non-hydrogen) atoms.